The van der Waals surface area contributed by atoms with Crippen molar-refractivity contribution in [3.8, 4) is 11.5 Å². The van der Waals surface area contributed by atoms with Crippen molar-refractivity contribution >= 4 is 23.2 Å². The van der Waals surface area contributed by atoms with Gasteiger partial charge in [0, 0.05) is 38.4 Å². The Morgan fingerprint density at radius 1 is 1.09 bits per heavy atom. The Morgan fingerprint density at radius 2 is 1.72 bits per heavy atom. The molecule has 1 amide bonds. The summed E-state index contributed by atoms with van der Waals surface area (Å²) in [5, 5.41) is 13.9. The summed E-state index contributed by atoms with van der Waals surface area (Å²) >= 11 is 6.17. The quantitative estimate of drug-likeness (QED) is 0.598. The predicted octanol–water partition coefficient (Wildman–Crippen LogP) is 2.96. The molecule has 2 N–H and O–H groups in total. The average Bonchev–Trinajstić information content (AvgIpc) is 2.76. The van der Waals surface area contributed by atoms with Gasteiger partial charge < -0.3 is 19.9 Å². The van der Waals surface area contributed by atoms with Crippen LogP contribution in [0.3, 0.4) is 0 Å². The van der Waals surface area contributed by atoms with Gasteiger partial charge in [0.15, 0.2) is 11.5 Å². The maximum absolute atomic E-state index is 12.5. The summed E-state index contributed by atoms with van der Waals surface area (Å²) in [7, 11) is 1.55. The van der Waals surface area contributed by atoms with Gasteiger partial charge in [0.25, 0.3) is 0 Å². The summed E-state index contributed by atoms with van der Waals surface area (Å²) < 4.78 is 11.0. The number of hydrogen-bond acceptors (Lipinski definition) is 6. The number of methoxy groups -OCH3 is 1. The van der Waals surface area contributed by atoms with E-state index in [1.807, 2.05) is 32.0 Å². The van der Waals surface area contributed by atoms with Crippen molar-refractivity contribution in [2.24, 2.45) is 0 Å². The van der Waals surface area contributed by atoms with Crippen molar-refractivity contribution in [3.05, 3.63) is 52.5 Å². The molecule has 2 aromatic rings. The first kappa shape index (κ1) is 24.3. The van der Waals surface area contributed by atoms with E-state index in [-0.39, 0.29) is 12.5 Å². The highest BCUT2D eigenvalue weighted by atomic mass is 35.5. The Labute approximate surface area is 194 Å². The molecule has 0 radical (unpaired) electrons. The number of nitrogens with one attached hydrogen (secondary N) is 1. The third-order valence-electron chi connectivity index (χ3n) is 5.62. The molecule has 1 aliphatic rings. The van der Waals surface area contributed by atoms with Gasteiger partial charge in [-0.3, -0.25) is 14.6 Å². The Hall–Kier alpha value is -2.32. The van der Waals surface area contributed by atoms with Gasteiger partial charge in [-0.2, -0.15) is 0 Å². The number of amides is 1. The van der Waals surface area contributed by atoms with Crippen molar-refractivity contribution < 1.29 is 19.4 Å². The molecule has 174 valence electrons. The van der Waals surface area contributed by atoms with Crippen LogP contribution in [0, 0.1) is 13.8 Å². The summed E-state index contributed by atoms with van der Waals surface area (Å²) in [6.07, 6.45) is -0.658. The molecule has 1 aliphatic heterocycles. The number of para-hydroxylation sites is 2. The summed E-state index contributed by atoms with van der Waals surface area (Å²) in [5.41, 5.74) is 3.02. The van der Waals surface area contributed by atoms with Crippen molar-refractivity contribution in [1.82, 2.24) is 9.80 Å². The SMILES string of the molecule is COc1cccc(Cl)c1OC[C@H](O)CN1CCN(CC(=O)Nc2c(C)cccc2C)CC1. The molecule has 32 heavy (non-hydrogen) atoms. The molecule has 1 saturated heterocycles. The molecule has 2 aromatic carbocycles. The van der Waals surface area contributed by atoms with E-state index in [9.17, 15) is 9.90 Å². The van der Waals surface area contributed by atoms with Gasteiger partial charge in [0.2, 0.25) is 5.91 Å². The van der Waals surface area contributed by atoms with E-state index < -0.39 is 6.10 Å². The zero-order valence-electron chi connectivity index (χ0n) is 18.9. The lowest BCUT2D eigenvalue weighted by Crippen LogP contribution is -2.50. The van der Waals surface area contributed by atoms with E-state index in [2.05, 4.69) is 15.1 Å². The topological polar surface area (TPSA) is 74.3 Å². The first-order valence-electron chi connectivity index (χ1n) is 10.8. The molecular formula is C24H32ClN3O4. The molecule has 0 aromatic heterocycles. The van der Waals surface area contributed by atoms with Crippen LogP contribution in [-0.2, 0) is 4.79 Å². The lowest BCUT2D eigenvalue weighted by Gasteiger charge is -2.35. The fourth-order valence-corrected chi connectivity index (χ4v) is 4.06. The number of piperazine rings is 1. The number of aliphatic hydroxyl groups is 1. The minimum absolute atomic E-state index is 0.00188. The van der Waals surface area contributed by atoms with Crippen molar-refractivity contribution in [2.75, 3.05) is 58.3 Å². The van der Waals surface area contributed by atoms with Crippen LogP contribution in [0.15, 0.2) is 36.4 Å². The van der Waals surface area contributed by atoms with Crippen LogP contribution >= 0.6 is 11.6 Å². The Bertz CT molecular complexity index is 896. The zero-order valence-corrected chi connectivity index (χ0v) is 19.7. The molecule has 0 unspecified atom stereocenters. The van der Waals surface area contributed by atoms with Crippen LogP contribution in [0.5, 0.6) is 11.5 Å². The largest absolute Gasteiger partial charge is 0.493 e. The van der Waals surface area contributed by atoms with Crippen LogP contribution in [-0.4, -0.2) is 79.9 Å². The highest BCUT2D eigenvalue weighted by molar-refractivity contribution is 6.32. The highest BCUT2D eigenvalue weighted by Crippen LogP contribution is 2.34. The van der Waals surface area contributed by atoms with Crippen molar-refractivity contribution in [2.45, 2.75) is 20.0 Å². The minimum Gasteiger partial charge on any atom is -0.493 e. The first-order valence-corrected chi connectivity index (χ1v) is 11.2. The van der Waals surface area contributed by atoms with E-state index in [0.717, 1.165) is 43.0 Å². The number of rotatable bonds is 9. The minimum atomic E-state index is -0.658. The zero-order chi connectivity index (χ0) is 23.1. The number of carbonyl (C=O) groups is 1. The lowest BCUT2D eigenvalue weighted by molar-refractivity contribution is -0.117. The number of ether oxygens (including phenoxy) is 2. The third kappa shape index (κ3) is 6.59. The smallest absolute Gasteiger partial charge is 0.238 e. The Balaban J connectivity index is 1.40. The van der Waals surface area contributed by atoms with Gasteiger partial charge in [-0.25, -0.2) is 0 Å². The van der Waals surface area contributed by atoms with Gasteiger partial charge in [-0.1, -0.05) is 35.9 Å². The van der Waals surface area contributed by atoms with Crippen LogP contribution in [0.2, 0.25) is 5.02 Å². The van der Waals surface area contributed by atoms with Crippen LogP contribution in [0.1, 0.15) is 11.1 Å². The number of aryl methyl sites for hydroxylation is 2. The second-order valence-electron chi connectivity index (χ2n) is 8.13. The third-order valence-corrected chi connectivity index (χ3v) is 5.92. The lowest BCUT2D eigenvalue weighted by atomic mass is 10.1. The molecule has 0 saturated carbocycles. The summed E-state index contributed by atoms with van der Waals surface area (Å²) in [6, 6.07) is 11.3. The molecule has 8 heteroatoms. The number of hydrogen-bond donors (Lipinski definition) is 2. The predicted molar refractivity (Wildman–Crippen MR) is 127 cm³/mol. The van der Waals surface area contributed by atoms with Gasteiger partial charge >= 0.3 is 0 Å². The van der Waals surface area contributed by atoms with Gasteiger partial charge in [-0.05, 0) is 37.1 Å². The molecule has 0 bridgehead atoms. The van der Waals surface area contributed by atoms with Crippen molar-refractivity contribution in [1.29, 1.82) is 0 Å². The summed E-state index contributed by atoms with van der Waals surface area (Å²) in [5.74, 6) is 0.978. The van der Waals surface area contributed by atoms with E-state index in [1.54, 1.807) is 25.3 Å². The van der Waals surface area contributed by atoms with E-state index in [4.69, 9.17) is 21.1 Å². The molecule has 3 rings (SSSR count). The number of nitrogens with zero attached hydrogens (tertiary/aromatic N) is 2. The number of β-amino-alcohol motifs (C(OH)–C–C–N with tert-alkyl or cyclic N) is 1. The first-order chi connectivity index (χ1) is 15.4. The second-order valence-corrected chi connectivity index (χ2v) is 8.53. The fourth-order valence-electron chi connectivity index (χ4n) is 3.84. The van der Waals surface area contributed by atoms with Crippen LogP contribution in [0.4, 0.5) is 5.69 Å². The summed E-state index contributed by atoms with van der Waals surface area (Å²) in [6.45, 7) is 8.08. The van der Waals surface area contributed by atoms with E-state index in [1.165, 1.54) is 0 Å². The monoisotopic (exact) mass is 461 g/mol. The summed E-state index contributed by atoms with van der Waals surface area (Å²) in [4.78, 5) is 16.8. The Kier molecular flexibility index (Phi) is 8.75. The molecule has 1 fully saturated rings. The number of halogens is 1. The van der Waals surface area contributed by atoms with Crippen LogP contribution < -0.4 is 14.8 Å². The Morgan fingerprint density at radius 3 is 2.38 bits per heavy atom. The maximum atomic E-state index is 12.5. The van der Waals surface area contributed by atoms with Gasteiger partial charge in [-0.15, -0.1) is 0 Å². The molecule has 7 nitrogen and oxygen atoms in total. The standard InChI is InChI=1S/C24H32ClN3O4/c1-17-6-4-7-18(2)23(17)26-22(30)15-28-12-10-27(11-13-28)14-19(29)16-32-24-20(25)8-5-9-21(24)31-3/h4-9,19,29H,10-16H2,1-3H3,(H,26,30)/t19-/m1/s1. The molecule has 0 aliphatic carbocycles. The van der Waals surface area contributed by atoms with Crippen molar-refractivity contribution in [3.63, 3.8) is 0 Å². The van der Waals surface area contributed by atoms with E-state index in [0.29, 0.717) is 29.6 Å². The molecule has 0 spiro atoms. The number of anilines is 1. The number of benzene rings is 2. The second kappa shape index (κ2) is 11.5. The van der Waals surface area contributed by atoms with Crippen LogP contribution in [0.25, 0.3) is 0 Å². The van der Waals surface area contributed by atoms with E-state index >= 15 is 0 Å². The average molecular weight is 462 g/mol. The number of aliphatic hydroxyl groups excluding tert-OH is 1. The molecule has 1 atom stereocenters. The molecular weight excluding hydrogens is 430 g/mol. The highest BCUT2D eigenvalue weighted by Gasteiger charge is 2.22. The normalized spacial score (nSPS) is 15.9. The maximum Gasteiger partial charge on any atom is 0.238 e. The molecule has 1 heterocycles. The van der Waals surface area contributed by atoms with Gasteiger partial charge in [0.1, 0.15) is 12.7 Å². The fraction of sp³-hybridized carbons (Fsp3) is 0.458. The van der Waals surface area contributed by atoms with Gasteiger partial charge in [0.05, 0.1) is 18.7 Å². The number of carbonyl (C=O) groups excluding carboxylic acids is 1.